The molecule has 3 fully saturated rings. The van der Waals surface area contributed by atoms with Crippen molar-refractivity contribution in [3.63, 3.8) is 0 Å². The highest BCUT2D eigenvalue weighted by Gasteiger charge is 2.53. The fourth-order valence-electron chi connectivity index (χ4n) is 7.63. The number of likely N-dealkylation sites (tertiary alicyclic amines) is 2. The van der Waals surface area contributed by atoms with Crippen LogP contribution in [-0.4, -0.2) is 86.2 Å². The van der Waals surface area contributed by atoms with Crippen molar-refractivity contribution in [2.75, 3.05) is 32.8 Å². The van der Waals surface area contributed by atoms with Crippen LogP contribution in [0.4, 0.5) is 0 Å². The summed E-state index contributed by atoms with van der Waals surface area (Å²) in [5.74, 6) is 0. The molecule has 3 rings (SSSR count). The lowest BCUT2D eigenvalue weighted by Crippen LogP contribution is -2.64. The SMILES string of the molecule is C=CCN1C(C)(C)CC(N2CCN(C3CC(C)(C)N(CC=C)C(C)(C)C3)P2OCC)CC1(C)C. The molecule has 0 aliphatic carbocycles. The average molecular weight is 493 g/mol. The highest BCUT2D eigenvalue weighted by molar-refractivity contribution is 7.47. The van der Waals surface area contributed by atoms with E-state index in [9.17, 15) is 0 Å². The van der Waals surface area contributed by atoms with E-state index in [1.54, 1.807) is 0 Å². The van der Waals surface area contributed by atoms with E-state index in [0.29, 0.717) is 12.1 Å². The number of piperidine rings is 2. The van der Waals surface area contributed by atoms with Gasteiger partial charge in [-0.05, 0) is 88.0 Å². The molecular formula is C28H53N4OP. The first-order valence-corrected chi connectivity index (χ1v) is 14.6. The minimum Gasteiger partial charge on any atom is -0.332 e. The Balaban J connectivity index is 1.83. The van der Waals surface area contributed by atoms with Crippen LogP contribution < -0.4 is 0 Å². The van der Waals surface area contributed by atoms with Crippen molar-refractivity contribution in [2.24, 2.45) is 0 Å². The van der Waals surface area contributed by atoms with Crippen LogP contribution in [0.25, 0.3) is 0 Å². The molecule has 0 unspecified atom stereocenters. The van der Waals surface area contributed by atoms with Gasteiger partial charge in [-0.3, -0.25) is 9.80 Å². The summed E-state index contributed by atoms with van der Waals surface area (Å²) in [7, 11) is -0.739. The quantitative estimate of drug-likeness (QED) is 0.293. The van der Waals surface area contributed by atoms with Crippen LogP contribution >= 0.6 is 8.45 Å². The van der Waals surface area contributed by atoms with Crippen molar-refractivity contribution < 1.29 is 4.52 Å². The summed E-state index contributed by atoms with van der Waals surface area (Å²) in [6, 6.07) is 1.10. The summed E-state index contributed by atoms with van der Waals surface area (Å²) in [6.45, 7) is 34.5. The molecule has 0 atom stereocenters. The van der Waals surface area contributed by atoms with E-state index in [1.165, 1.54) is 25.7 Å². The Kier molecular flexibility index (Phi) is 8.51. The Morgan fingerprint density at radius 3 is 1.29 bits per heavy atom. The molecular weight excluding hydrogens is 439 g/mol. The topological polar surface area (TPSA) is 22.2 Å². The molecule has 0 radical (unpaired) electrons. The smallest absolute Gasteiger partial charge is 0.188 e. The van der Waals surface area contributed by atoms with Crippen molar-refractivity contribution in [1.82, 2.24) is 19.1 Å². The Labute approximate surface area is 212 Å². The van der Waals surface area contributed by atoms with Gasteiger partial charge >= 0.3 is 0 Å². The summed E-state index contributed by atoms with van der Waals surface area (Å²) >= 11 is 0. The Morgan fingerprint density at radius 1 is 0.706 bits per heavy atom. The van der Waals surface area contributed by atoms with Gasteiger partial charge < -0.3 is 4.52 Å². The third-order valence-corrected chi connectivity index (χ3v) is 11.0. The second kappa shape index (κ2) is 10.2. The first kappa shape index (κ1) is 28.3. The zero-order valence-electron chi connectivity index (χ0n) is 23.7. The molecule has 5 nitrogen and oxygen atoms in total. The van der Waals surface area contributed by atoms with Gasteiger partial charge in [0.2, 0.25) is 0 Å². The van der Waals surface area contributed by atoms with Crippen molar-refractivity contribution in [3.05, 3.63) is 25.3 Å². The lowest BCUT2D eigenvalue weighted by atomic mass is 9.76. The van der Waals surface area contributed by atoms with Crippen LogP contribution in [0, 0.1) is 0 Å². The van der Waals surface area contributed by atoms with E-state index in [2.05, 4.69) is 107 Å². The maximum Gasteiger partial charge on any atom is 0.188 e. The fraction of sp³-hybridized carbons (Fsp3) is 0.857. The van der Waals surface area contributed by atoms with Crippen LogP contribution in [0.2, 0.25) is 0 Å². The van der Waals surface area contributed by atoms with Gasteiger partial charge in [-0.1, -0.05) is 12.2 Å². The summed E-state index contributed by atoms with van der Waals surface area (Å²) in [5, 5.41) is 0. The van der Waals surface area contributed by atoms with Crippen molar-refractivity contribution in [2.45, 2.75) is 122 Å². The number of nitrogens with zero attached hydrogens (tertiary/aromatic N) is 4. The first-order valence-electron chi connectivity index (χ1n) is 13.4. The monoisotopic (exact) mass is 492 g/mol. The van der Waals surface area contributed by atoms with E-state index in [1.807, 2.05) is 0 Å². The van der Waals surface area contributed by atoms with Crippen molar-refractivity contribution in [1.29, 1.82) is 0 Å². The Hall–Kier alpha value is -0.290. The van der Waals surface area contributed by atoms with Crippen molar-refractivity contribution in [3.8, 4) is 0 Å². The summed E-state index contributed by atoms with van der Waals surface area (Å²) in [4.78, 5) is 5.31. The van der Waals surface area contributed by atoms with E-state index in [-0.39, 0.29) is 22.2 Å². The Morgan fingerprint density at radius 2 is 1.03 bits per heavy atom. The van der Waals surface area contributed by atoms with E-state index < -0.39 is 8.45 Å². The fourth-order valence-corrected chi connectivity index (χ4v) is 9.86. The minimum atomic E-state index is -0.739. The highest BCUT2D eigenvalue weighted by Crippen LogP contribution is 2.57. The molecule has 0 aromatic carbocycles. The first-order chi connectivity index (χ1) is 15.7. The second-order valence-corrected chi connectivity index (χ2v) is 15.0. The molecule has 0 saturated carbocycles. The van der Waals surface area contributed by atoms with Gasteiger partial charge in [-0.25, -0.2) is 9.34 Å². The second-order valence-electron chi connectivity index (χ2n) is 13.2. The largest absolute Gasteiger partial charge is 0.332 e. The minimum absolute atomic E-state index is 0.140. The van der Waals surface area contributed by atoms with Crippen LogP contribution in [0.1, 0.15) is 88.0 Å². The van der Waals surface area contributed by atoms with Gasteiger partial charge in [-0.2, -0.15) is 0 Å². The number of rotatable bonds is 8. The van der Waals surface area contributed by atoms with Gasteiger partial charge in [0.25, 0.3) is 0 Å². The van der Waals surface area contributed by atoms with Crippen LogP contribution in [-0.2, 0) is 4.52 Å². The molecule has 196 valence electrons. The van der Waals surface area contributed by atoms with E-state index >= 15 is 0 Å². The molecule has 0 aromatic heterocycles. The molecule has 3 aliphatic heterocycles. The average Bonchev–Trinajstić information content (AvgIpc) is 3.10. The normalized spacial score (nSPS) is 29.4. The molecule has 3 aliphatic rings. The van der Waals surface area contributed by atoms with Gasteiger partial charge in [0.1, 0.15) is 0 Å². The highest BCUT2D eigenvalue weighted by atomic mass is 31.2. The van der Waals surface area contributed by atoms with Gasteiger partial charge in [0.15, 0.2) is 8.45 Å². The molecule has 6 heteroatoms. The third kappa shape index (κ3) is 5.50. The van der Waals surface area contributed by atoms with E-state index in [4.69, 9.17) is 4.52 Å². The maximum absolute atomic E-state index is 6.61. The number of hydrogen-bond acceptors (Lipinski definition) is 5. The molecule has 0 N–H and O–H groups in total. The lowest BCUT2D eigenvalue weighted by molar-refractivity contribution is -0.0445. The molecule has 0 aromatic rings. The predicted octanol–water partition coefficient (Wildman–Crippen LogP) is 6.28. The van der Waals surface area contributed by atoms with Crippen LogP contribution in [0.3, 0.4) is 0 Å². The number of hydrogen-bond donors (Lipinski definition) is 0. The predicted molar refractivity (Wildman–Crippen MR) is 148 cm³/mol. The summed E-state index contributed by atoms with van der Waals surface area (Å²) in [6.07, 6.45) is 8.85. The summed E-state index contributed by atoms with van der Waals surface area (Å²) < 4.78 is 12.1. The van der Waals surface area contributed by atoms with Gasteiger partial charge in [0.05, 0.1) is 6.61 Å². The maximum atomic E-state index is 6.61. The zero-order chi connectivity index (χ0) is 25.5. The molecule has 3 heterocycles. The van der Waals surface area contributed by atoms with Gasteiger partial charge in [0, 0.05) is 60.4 Å². The van der Waals surface area contributed by atoms with Gasteiger partial charge in [-0.15, -0.1) is 13.2 Å². The molecule has 0 spiro atoms. The zero-order valence-corrected chi connectivity index (χ0v) is 24.6. The third-order valence-electron chi connectivity index (χ3n) is 8.57. The van der Waals surface area contributed by atoms with Crippen LogP contribution in [0.5, 0.6) is 0 Å². The van der Waals surface area contributed by atoms with E-state index in [0.717, 1.165) is 32.8 Å². The molecule has 3 saturated heterocycles. The van der Waals surface area contributed by atoms with Crippen molar-refractivity contribution >= 4 is 8.45 Å². The summed E-state index contributed by atoms with van der Waals surface area (Å²) in [5.41, 5.74) is 0.561. The van der Waals surface area contributed by atoms with Crippen LogP contribution in [0.15, 0.2) is 25.3 Å². The molecule has 0 bridgehead atoms. The standard InChI is InChI=1S/C28H53N4OP/c1-12-15-31-25(4,5)19-23(20-26(31,6)7)29-17-18-30(34(29)33-14-3)24-21-27(8,9)32(16-13-2)28(10,11)22-24/h12-13,23-24H,1-2,14-22H2,3-11H3. The lowest BCUT2D eigenvalue weighted by Gasteiger charge is -2.58. The molecule has 0 amide bonds. The molecule has 34 heavy (non-hydrogen) atoms. The Bertz CT molecular complexity index is 640.